The first-order chi connectivity index (χ1) is 12.1. The minimum Gasteiger partial charge on any atom is -0.298 e. The van der Waals surface area contributed by atoms with Gasteiger partial charge in [-0.2, -0.15) is 0 Å². The number of aryl methyl sites for hydroxylation is 3. The molecule has 25 heavy (non-hydrogen) atoms. The monoisotopic (exact) mass is 350 g/mol. The minimum atomic E-state index is -0.118. The predicted molar refractivity (Wildman–Crippen MR) is 105 cm³/mol. The summed E-state index contributed by atoms with van der Waals surface area (Å²) in [5, 5.41) is 3.60. The highest BCUT2D eigenvalue weighted by Crippen LogP contribution is 2.32. The van der Waals surface area contributed by atoms with Gasteiger partial charge in [0.2, 0.25) is 0 Å². The van der Waals surface area contributed by atoms with Gasteiger partial charge >= 0.3 is 0 Å². The van der Waals surface area contributed by atoms with Crippen molar-refractivity contribution in [1.29, 1.82) is 0 Å². The van der Waals surface area contributed by atoms with Crippen molar-refractivity contribution in [3.05, 3.63) is 70.1 Å². The standard InChI is InChI=1S/C21H22N2OS/c1-4-5-18-19(16-10-6-14(2)7-11-16)22-21(25-18)23-20(24)17-12-8-15(3)9-13-17/h6-13H,4-5H2,1-3H3,(H,22,23,24). The summed E-state index contributed by atoms with van der Waals surface area (Å²) < 4.78 is 0. The van der Waals surface area contributed by atoms with E-state index in [1.54, 1.807) is 11.3 Å². The van der Waals surface area contributed by atoms with Crippen LogP contribution in [-0.2, 0) is 6.42 Å². The fourth-order valence-corrected chi connectivity index (χ4v) is 3.69. The lowest BCUT2D eigenvalue weighted by atomic mass is 10.1. The van der Waals surface area contributed by atoms with Crippen LogP contribution >= 0.6 is 11.3 Å². The average molecular weight is 350 g/mol. The zero-order valence-electron chi connectivity index (χ0n) is 14.8. The number of nitrogens with one attached hydrogen (secondary N) is 1. The first-order valence-electron chi connectivity index (χ1n) is 8.51. The Bertz CT molecular complexity index is 864. The van der Waals surface area contributed by atoms with Crippen LogP contribution in [-0.4, -0.2) is 10.9 Å². The van der Waals surface area contributed by atoms with E-state index in [0.717, 1.165) is 29.7 Å². The molecule has 0 aliphatic carbocycles. The maximum Gasteiger partial charge on any atom is 0.257 e. The van der Waals surface area contributed by atoms with Crippen LogP contribution in [0, 0.1) is 13.8 Å². The van der Waals surface area contributed by atoms with Crippen LogP contribution in [0.15, 0.2) is 48.5 Å². The lowest BCUT2D eigenvalue weighted by molar-refractivity contribution is 0.102. The van der Waals surface area contributed by atoms with E-state index in [1.165, 1.54) is 10.4 Å². The number of aromatic nitrogens is 1. The Morgan fingerprint density at radius 3 is 2.20 bits per heavy atom. The molecule has 1 aromatic heterocycles. The minimum absolute atomic E-state index is 0.118. The smallest absolute Gasteiger partial charge is 0.257 e. The molecule has 0 bridgehead atoms. The molecule has 1 heterocycles. The molecule has 1 N–H and O–H groups in total. The Morgan fingerprint density at radius 1 is 1.00 bits per heavy atom. The molecule has 0 aliphatic rings. The molecule has 0 spiro atoms. The summed E-state index contributed by atoms with van der Waals surface area (Å²) in [5.74, 6) is -0.118. The van der Waals surface area contributed by atoms with Crippen molar-refractivity contribution >= 4 is 22.4 Å². The molecule has 2 aromatic carbocycles. The first-order valence-corrected chi connectivity index (χ1v) is 9.33. The average Bonchev–Trinajstić information content (AvgIpc) is 2.99. The second-order valence-electron chi connectivity index (χ2n) is 6.23. The fraction of sp³-hybridized carbons (Fsp3) is 0.238. The van der Waals surface area contributed by atoms with Crippen LogP contribution in [0.2, 0.25) is 0 Å². The number of carbonyl (C=O) groups excluding carboxylic acids is 1. The van der Waals surface area contributed by atoms with Crippen molar-refractivity contribution < 1.29 is 4.79 Å². The number of benzene rings is 2. The van der Waals surface area contributed by atoms with Gasteiger partial charge in [-0.1, -0.05) is 60.9 Å². The third-order valence-electron chi connectivity index (χ3n) is 4.03. The van der Waals surface area contributed by atoms with Gasteiger partial charge in [0, 0.05) is 16.0 Å². The summed E-state index contributed by atoms with van der Waals surface area (Å²) in [4.78, 5) is 18.4. The second-order valence-corrected chi connectivity index (χ2v) is 7.31. The molecule has 0 unspecified atom stereocenters. The van der Waals surface area contributed by atoms with E-state index in [2.05, 4.69) is 43.4 Å². The summed E-state index contributed by atoms with van der Waals surface area (Å²) in [6.45, 7) is 6.24. The fourth-order valence-electron chi connectivity index (χ4n) is 2.61. The van der Waals surface area contributed by atoms with Crippen LogP contribution in [0.1, 0.15) is 39.7 Å². The van der Waals surface area contributed by atoms with Crippen molar-refractivity contribution in [3.63, 3.8) is 0 Å². The third kappa shape index (κ3) is 4.15. The zero-order valence-corrected chi connectivity index (χ0v) is 15.6. The van der Waals surface area contributed by atoms with Crippen LogP contribution in [0.4, 0.5) is 5.13 Å². The quantitative estimate of drug-likeness (QED) is 0.648. The summed E-state index contributed by atoms with van der Waals surface area (Å²) in [7, 11) is 0. The van der Waals surface area contributed by atoms with E-state index in [4.69, 9.17) is 4.98 Å². The van der Waals surface area contributed by atoms with Crippen LogP contribution in [0.5, 0.6) is 0 Å². The van der Waals surface area contributed by atoms with Crippen molar-refractivity contribution in [2.75, 3.05) is 5.32 Å². The van der Waals surface area contributed by atoms with Gasteiger partial charge in [0.1, 0.15) is 0 Å². The highest BCUT2D eigenvalue weighted by Gasteiger charge is 2.15. The third-order valence-corrected chi connectivity index (χ3v) is 5.06. The zero-order chi connectivity index (χ0) is 17.8. The predicted octanol–water partition coefficient (Wildman–Crippen LogP) is 5.63. The van der Waals surface area contributed by atoms with Gasteiger partial charge in [0.15, 0.2) is 5.13 Å². The molecule has 0 saturated carbocycles. The Kier molecular flexibility index (Phi) is 5.29. The molecular formula is C21H22N2OS. The topological polar surface area (TPSA) is 42.0 Å². The van der Waals surface area contributed by atoms with Gasteiger partial charge in [0.05, 0.1) is 5.69 Å². The normalized spacial score (nSPS) is 10.7. The highest BCUT2D eigenvalue weighted by atomic mass is 32.1. The summed E-state index contributed by atoms with van der Waals surface area (Å²) >= 11 is 1.57. The van der Waals surface area contributed by atoms with Crippen molar-refractivity contribution in [1.82, 2.24) is 4.98 Å². The van der Waals surface area contributed by atoms with E-state index in [-0.39, 0.29) is 5.91 Å². The molecule has 0 radical (unpaired) electrons. The van der Waals surface area contributed by atoms with E-state index in [1.807, 2.05) is 31.2 Å². The van der Waals surface area contributed by atoms with Gasteiger partial charge in [-0.05, 0) is 32.4 Å². The summed E-state index contributed by atoms with van der Waals surface area (Å²) in [5.41, 5.74) is 5.09. The maximum absolute atomic E-state index is 12.4. The van der Waals surface area contributed by atoms with Gasteiger partial charge < -0.3 is 0 Å². The van der Waals surface area contributed by atoms with Crippen molar-refractivity contribution in [3.8, 4) is 11.3 Å². The molecule has 4 heteroatoms. The van der Waals surface area contributed by atoms with Gasteiger partial charge in [-0.3, -0.25) is 10.1 Å². The molecule has 3 nitrogen and oxygen atoms in total. The van der Waals surface area contributed by atoms with Crippen LogP contribution < -0.4 is 5.32 Å². The van der Waals surface area contributed by atoms with Crippen LogP contribution in [0.25, 0.3) is 11.3 Å². The number of hydrogen-bond donors (Lipinski definition) is 1. The van der Waals surface area contributed by atoms with E-state index < -0.39 is 0 Å². The Balaban J connectivity index is 1.87. The highest BCUT2D eigenvalue weighted by molar-refractivity contribution is 7.16. The number of anilines is 1. The second kappa shape index (κ2) is 7.62. The molecule has 0 saturated heterocycles. The Morgan fingerprint density at radius 2 is 1.60 bits per heavy atom. The van der Waals surface area contributed by atoms with E-state index in [9.17, 15) is 4.79 Å². The number of rotatable bonds is 5. The number of amides is 1. The summed E-state index contributed by atoms with van der Waals surface area (Å²) in [6, 6.07) is 15.9. The number of carbonyl (C=O) groups is 1. The molecule has 0 atom stereocenters. The van der Waals surface area contributed by atoms with Crippen molar-refractivity contribution in [2.24, 2.45) is 0 Å². The molecule has 0 fully saturated rings. The molecular weight excluding hydrogens is 328 g/mol. The SMILES string of the molecule is CCCc1sc(NC(=O)c2ccc(C)cc2)nc1-c1ccc(C)cc1. The largest absolute Gasteiger partial charge is 0.298 e. The maximum atomic E-state index is 12.4. The van der Waals surface area contributed by atoms with Gasteiger partial charge in [0.25, 0.3) is 5.91 Å². The Hall–Kier alpha value is -2.46. The molecule has 1 amide bonds. The van der Waals surface area contributed by atoms with Crippen LogP contribution in [0.3, 0.4) is 0 Å². The number of nitrogens with zero attached hydrogens (tertiary/aromatic N) is 1. The molecule has 128 valence electrons. The lowest BCUT2D eigenvalue weighted by Gasteiger charge is -2.02. The van der Waals surface area contributed by atoms with Gasteiger partial charge in [-0.25, -0.2) is 4.98 Å². The molecule has 3 rings (SSSR count). The Labute approximate surface area is 152 Å². The van der Waals surface area contributed by atoms with E-state index >= 15 is 0 Å². The summed E-state index contributed by atoms with van der Waals surface area (Å²) in [6.07, 6.45) is 2.01. The number of hydrogen-bond acceptors (Lipinski definition) is 3. The number of thiazole rings is 1. The van der Waals surface area contributed by atoms with Crippen molar-refractivity contribution in [2.45, 2.75) is 33.6 Å². The first kappa shape index (κ1) is 17.4. The molecule has 3 aromatic rings. The lowest BCUT2D eigenvalue weighted by Crippen LogP contribution is -2.11. The molecule has 0 aliphatic heterocycles. The van der Waals surface area contributed by atoms with E-state index in [0.29, 0.717) is 10.7 Å². The van der Waals surface area contributed by atoms with Gasteiger partial charge in [-0.15, -0.1) is 11.3 Å².